The van der Waals surface area contributed by atoms with Crippen molar-refractivity contribution in [3.05, 3.63) is 48.3 Å². The molecule has 0 aliphatic rings. The van der Waals surface area contributed by atoms with E-state index in [1.54, 1.807) is 0 Å². The molecule has 0 saturated carbocycles. The highest BCUT2D eigenvalue weighted by atomic mass is 16.2. The predicted molar refractivity (Wildman–Crippen MR) is 62.5 cm³/mol. The highest BCUT2D eigenvalue weighted by Crippen LogP contribution is 2.18. The fourth-order valence-corrected chi connectivity index (χ4v) is 1.56. The number of aliphatic hydroxyl groups is 1. The quantitative estimate of drug-likeness (QED) is 0.824. The number of nitrogens with zero attached hydrogens (tertiary/aromatic N) is 1. The van der Waals surface area contributed by atoms with Gasteiger partial charge in [-0.1, -0.05) is 36.4 Å². The average Bonchev–Trinajstić information content (AvgIpc) is 2.30. The summed E-state index contributed by atoms with van der Waals surface area (Å²) >= 11 is 0. The Morgan fingerprint density at radius 2 is 2.07 bits per heavy atom. The minimum atomic E-state index is 0.189. The van der Waals surface area contributed by atoms with Gasteiger partial charge in [-0.3, -0.25) is 4.98 Å². The summed E-state index contributed by atoms with van der Waals surface area (Å²) in [5.41, 5.74) is 1.10. The van der Waals surface area contributed by atoms with Gasteiger partial charge in [0.05, 0.1) is 0 Å². The molecule has 76 valence electrons. The zero-order valence-corrected chi connectivity index (χ0v) is 8.43. The minimum Gasteiger partial charge on any atom is -0.396 e. The van der Waals surface area contributed by atoms with Gasteiger partial charge in [0.25, 0.3) is 0 Å². The molecule has 1 N–H and O–H groups in total. The number of pyridine rings is 1. The molecule has 1 aromatic heterocycles. The smallest absolute Gasteiger partial charge is 0.0465 e. The van der Waals surface area contributed by atoms with Gasteiger partial charge in [-0.15, -0.1) is 0 Å². The van der Waals surface area contributed by atoms with E-state index in [4.69, 9.17) is 5.11 Å². The van der Waals surface area contributed by atoms with E-state index in [1.165, 1.54) is 5.39 Å². The lowest BCUT2D eigenvalue weighted by Crippen LogP contribution is -1.81. The van der Waals surface area contributed by atoms with Gasteiger partial charge in [0.15, 0.2) is 0 Å². The molecule has 2 nitrogen and oxygen atoms in total. The number of hydrogen-bond donors (Lipinski definition) is 1. The first kappa shape index (κ1) is 9.87. The summed E-state index contributed by atoms with van der Waals surface area (Å²) < 4.78 is 0. The summed E-state index contributed by atoms with van der Waals surface area (Å²) in [6.45, 7) is 0.189. The van der Waals surface area contributed by atoms with Crippen LogP contribution in [0.1, 0.15) is 12.0 Å². The van der Waals surface area contributed by atoms with Crippen LogP contribution in [-0.2, 0) is 0 Å². The lowest BCUT2D eigenvalue weighted by atomic mass is 10.1. The SMILES string of the molecule is OCC/C=C/c1cncc2ccccc12. The molecule has 1 aromatic carbocycles. The monoisotopic (exact) mass is 199 g/mol. The maximum atomic E-state index is 8.69. The molecule has 0 bridgehead atoms. The van der Waals surface area contributed by atoms with Crippen LogP contribution >= 0.6 is 0 Å². The van der Waals surface area contributed by atoms with E-state index < -0.39 is 0 Å². The molecule has 2 heteroatoms. The van der Waals surface area contributed by atoms with Crippen molar-refractivity contribution in [2.75, 3.05) is 6.61 Å². The Hall–Kier alpha value is -1.67. The van der Waals surface area contributed by atoms with E-state index in [0.717, 1.165) is 10.9 Å². The summed E-state index contributed by atoms with van der Waals surface area (Å²) in [4.78, 5) is 4.18. The van der Waals surface area contributed by atoms with Gasteiger partial charge in [-0.2, -0.15) is 0 Å². The molecule has 0 amide bonds. The first-order valence-electron chi connectivity index (χ1n) is 5.02. The molecule has 1 heterocycles. The topological polar surface area (TPSA) is 33.1 Å². The second kappa shape index (κ2) is 4.71. The zero-order valence-electron chi connectivity index (χ0n) is 8.43. The Morgan fingerprint density at radius 3 is 2.93 bits per heavy atom. The Morgan fingerprint density at radius 1 is 1.20 bits per heavy atom. The first-order chi connectivity index (χ1) is 7.42. The van der Waals surface area contributed by atoms with Crippen LogP contribution in [0, 0.1) is 0 Å². The minimum absolute atomic E-state index is 0.189. The maximum Gasteiger partial charge on any atom is 0.0465 e. The van der Waals surface area contributed by atoms with Crippen LogP contribution in [0.5, 0.6) is 0 Å². The molecule has 0 fully saturated rings. The van der Waals surface area contributed by atoms with Crippen molar-refractivity contribution in [3.8, 4) is 0 Å². The summed E-state index contributed by atoms with van der Waals surface area (Å²) in [7, 11) is 0. The molecule has 15 heavy (non-hydrogen) atoms. The molecular formula is C13H13NO. The van der Waals surface area contributed by atoms with Gasteiger partial charge in [-0.05, 0) is 11.8 Å². The number of hydrogen-bond acceptors (Lipinski definition) is 2. The lowest BCUT2D eigenvalue weighted by Gasteiger charge is -2.00. The number of fused-ring (bicyclic) bond motifs is 1. The zero-order chi connectivity index (χ0) is 10.5. The molecule has 0 unspecified atom stereocenters. The van der Waals surface area contributed by atoms with E-state index in [0.29, 0.717) is 6.42 Å². The van der Waals surface area contributed by atoms with E-state index in [9.17, 15) is 0 Å². The second-order valence-electron chi connectivity index (χ2n) is 3.36. The number of aromatic nitrogens is 1. The van der Waals surface area contributed by atoms with Crippen molar-refractivity contribution in [1.82, 2.24) is 4.98 Å². The summed E-state index contributed by atoms with van der Waals surface area (Å²) in [6.07, 6.45) is 8.35. The highest BCUT2D eigenvalue weighted by Gasteiger charge is 1.96. The Balaban J connectivity index is 2.42. The van der Waals surface area contributed by atoms with Crippen LogP contribution < -0.4 is 0 Å². The fraction of sp³-hybridized carbons (Fsp3) is 0.154. The Kier molecular flexibility index (Phi) is 3.10. The van der Waals surface area contributed by atoms with Crippen molar-refractivity contribution in [2.45, 2.75) is 6.42 Å². The van der Waals surface area contributed by atoms with Crippen molar-refractivity contribution >= 4 is 16.8 Å². The number of aliphatic hydroxyl groups excluding tert-OH is 1. The van der Waals surface area contributed by atoms with E-state index in [2.05, 4.69) is 11.1 Å². The standard InChI is InChI=1S/C13H13NO/c15-8-4-3-6-12-10-14-9-11-5-1-2-7-13(11)12/h1-3,5-7,9-10,15H,4,8H2/b6-3+. The average molecular weight is 199 g/mol. The molecule has 0 aliphatic carbocycles. The van der Waals surface area contributed by atoms with Gasteiger partial charge < -0.3 is 5.11 Å². The summed E-state index contributed by atoms with van der Waals surface area (Å²) in [5.74, 6) is 0. The second-order valence-corrected chi connectivity index (χ2v) is 3.36. The van der Waals surface area contributed by atoms with E-state index >= 15 is 0 Å². The molecule has 2 aromatic rings. The van der Waals surface area contributed by atoms with Crippen molar-refractivity contribution in [3.63, 3.8) is 0 Å². The lowest BCUT2D eigenvalue weighted by molar-refractivity contribution is 0.303. The van der Waals surface area contributed by atoms with Gasteiger partial charge in [0, 0.05) is 30.0 Å². The normalized spacial score (nSPS) is 11.3. The molecule has 0 saturated heterocycles. The van der Waals surface area contributed by atoms with Crippen LogP contribution in [-0.4, -0.2) is 16.7 Å². The van der Waals surface area contributed by atoms with Crippen LogP contribution in [0.25, 0.3) is 16.8 Å². The van der Waals surface area contributed by atoms with Crippen LogP contribution in [0.3, 0.4) is 0 Å². The predicted octanol–water partition coefficient (Wildman–Crippen LogP) is 2.63. The molecular weight excluding hydrogens is 186 g/mol. The van der Waals surface area contributed by atoms with E-state index in [1.807, 2.05) is 42.7 Å². The third-order valence-electron chi connectivity index (χ3n) is 2.29. The van der Waals surface area contributed by atoms with Gasteiger partial charge in [0.1, 0.15) is 0 Å². The molecule has 0 aliphatic heterocycles. The fourth-order valence-electron chi connectivity index (χ4n) is 1.56. The summed E-state index contributed by atoms with van der Waals surface area (Å²) in [6, 6.07) is 8.15. The summed E-state index contributed by atoms with van der Waals surface area (Å²) in [5, 5.41) is 11.0. The highest BCUT2D eigenvalue weighted by molar-refractivity contribution is 5.89. The van der Waals surface area contributed by atoms with Gasteiger partial charge in [-0.25, -0.2) is 0 Å². The third kappa shape index (κ3) is 2.22. The molecule has 0 spiro atoms. The molecule has 2 rings (SSSR count). The number of benzene rings is 1. The van der Waals surface area contributed by atoms with Crippen molar-refractivity contribution in [2.24, 2.45) is 0 Å². The van der Waals surface area contributed by atoms with Crippen LogP contribution in [0.2, 0.25) is 0 Å². The largest absolute Gasteiger partial charge is 0.396 e. The van der Waals surface area contributed by atoms with Crippen LogP contribution in [0.15, 0.2) is 42.7 Å². The Bertz CT molecular complexity index is 471. The third-order valence-corrected chi connectivity index (χ3v) is 2.29. The van der Waals surface area contributed by atoms with Gasteiger partial charge in [0.2, 0.25) is 0 Å². The van der Waals surface area contributed by atoms with Crippen LogP contribution in [0.4, 0.5) is 0 Å². The maximum absolute atomic E-state index is 8.69. The Labute approximate surface area is 88.9 Å². The molecule has 0 radical (unpaired) electrons. The van der Waals surface area contributed by atoms with E-state index in [-0.39, 0.29) is 6.61 Å². The van der Waals surface area contributed by atoms with Crippen molar-refractivity contribution < 1.29 is 5.11 Å². The van der Waals surface area contributed by atoms with Crippen molar-refractivity contribution in [1.29, 1.82) is 0 Å². The number of rotatable bonds is 3. The van der Waals surface area contributed by atoms with Gasteiger partial charge >= 0.3 is 0 Å². The molecule has 0 atom stereocenters. The first-order valence-corrected chi connectivity index (χ1v) is 5.02.